The molecule has 3 N–H and O–H groups in total. The number of aliphatic hydroxyl groups excluding tert-OH is 1. The predicted octanol–water partition coefficient (Wildman–Crippen LogP) is 2.25. The lowest BCUT2D eigenvalue weighted by atomic mass is 10.2. The molecule has 0 amide bonds. The number of nitrogens with one attached hydrogen (secondary N) is 2. The molecule has 208 valence electrons. The van der Waals surface area contributed by atoms with Gasteiger partial charge in [-0.1, -0.05) is 48.5 Å². The molecule has 0 radical (unpaired) electrons. The zero-order chi connectivity index (χ0) is 28.0. The van der Waals surface area contributed by atoms with E-state index in [1.54, 1.807) is 42.5 Å². The van der Waals surface area contributed by atoms with Crippen molar-refractivity contribution in [1.29, 1.82) is 0 Å². The third-order valence-electron chi connectivity index (χ3n) is 5.75. The third kappa shape index (κ3) is 7.49. The van der Waals surface area contributed by atoms with E-state index in [4.69, 9.17) is 18.5 Å². The van der Waals surface area contributed by atoms with Gasteiger partial charge in [-0.3, -0.25) is 23.7 Å². The quantitative estimate of drug-likeness (QED) is 0.233. The maximum absolute atomic E-state index is 13.7. The van der Waals surface area contributed by atoms with Gasteiger partial charge < -0.3 is 19.1 Å². The van der Waals surface area contributed by atoms with Gasteiger partial charge in [0, 0.05) is 6.42 Å². The number of para-hydroxylation sites is 1. The predicted molar refractivity (Wildman–Crippen MR) is 135 cm³/mol. The van der Waals surface area contributed by atoms with Crippen LogP contribution >= 0.6 is 7.75 Å². The van der Waals surface area contributed by atoms with Gasteiger partial charge in [0.05, 0.1) is 18.9 Å². The Labute approximate surface area is 221 Å². The molecule has 0 spiro atoms. The summed E-state index contributed by atoms with van der Waals surface area (Å²) in [7, 11) is -4.26. The highest BCUT2D eigenvalue weighted by Gasteiger charge is 2.39. The van der Waals surface area contributed by atoms with Crippen LogP contribution in [0.15, 0.2) is 76.4 Å². The van der Waals surface area contributed by atoms with Crippen molar-refractivity contribution >= 4 is 13.7 Å². The zero-order valence-corrected chi connectivity index (χ0v) is 21.7. The van der Waals surface area contributed by atoms with Crippen molar-refractivity contribution in [2.24, 2.45) is 0 Å². The second-order valence-corrected chi connectivity index (χ2v) is 10.4. The minimum atomic E-state index is -4.26. The van der Waals surface area contributed by atoms with Gasteiger partial charge in [-0.2, -0.15) is 9.48 Å². The van der Waals surface area contributed by atoms with Crippen molar-refractivity contribution in [3.63, 3.8) is 0 Å². The van der Waals surface area contributed by atoms with Crippen LogP contribution in [-0.4, -0.2) is 45.5 Å². The number of aromatic nitrogens is 2. The van der Waals surface area contributed by atoms with Crippen LogP contribution < -0.4 is 20.9 Å². The zero-order valence-electron chi connectivity index (χ0n) is 20.8. The van der Waals surface area contributed by atoms with Gasteiger partial charge in [0.15, 0.2) is 0 Å². The largest absolute Gasteiger partial charge is 0.460 e. The number of hydrogen-bond donors (Lipinski definition) is 3. The van der Waals surface area contributed by atoms with Crippen LogP contribution in [0.4, 0.5) is 4.39 Å². The van der Waals surface area contributed by atoms with Crippen LogP contribution in [0.2, 0.25) is 0 Å². The highest BCUT2D eigenvalue weighted by molar-refractivity contribution is 7.52. The summed E-state index contributed by atoms with van der Waals surface area (Å²) in [6.45, 7) is 0.942. The lowest BCUT2D eigenvalue weighted by Crippen LogP contribution is -2.36. The van der Waals surface area contributed by atoms with Gasteiger partial charge in [0.2, 0.25) is 5.82 Å². The standard InChI is InChI=1S/C25H27FN3O9P/c1-16(24(32)35-14-17-8-4-2-5-9-17)28-39(34,38-18-10-6-3-7-11-18)36-15-21-20(30)12-22(37-21)29-13-19(26)23(31)27-25(29)33/h2-11,13,16,20-22,30H,12,14-15H2,1H3,(H,28,34)(H,27,31,33)/t16-,20+,21?,22+,39?/m0/s1. The van der Waals surface area contributed by atoms with Gasteiger partial charge in [-0.05, 0) is 24.6 Å². The second kappa shape index (κ2) is 12.5. The van der Waals surface area contributed by atoms with Crippen molar-refractivity contribution in [1.82, 2.24) is 14.6 Å². The number of rotatable bonds is 11. The maximum atomic E-state index is 13.7. The van der Waals surface area contributed by atoms with E-state index in [-0.39, 0.29) is 18.8 Å². The summed E-state index contributed by atoms with van der Waals surface area (Å²) in [6, 6.07) is 16.0. The number of aromatic amines is 1. The Bertz CT molecular complexity index is 1430. The first-order valence-electron chi connectivity index (χ1n) is 12.0. The summed E-state index contributed by atoms with van der Waals surface area (Å²) in [4.78, 5) is 37.8. The fourth-order valence-electron chi connectivity index (χ4n) is 3.74. The lowest BCUT2D eigenvalue weighted by molar-refractivity contribution is -0.146. The molecule has 0 bridgehead atoms. The maximum Gasteiger partial charge on any atom is 0.459 e. The monoisotopic (exact) mass is 563 g/mol. The van der Waals surface area contributed by atoms with Crippen molar-refractivity contribution in [2.75, 3.05) is 6.61 Å². The first kappa shape index (κ1) is 28.4. The topological polar surface area (TPSA) is 158 Å². The average Bonchev–Trinajstić information content (AvgIpc) is 3.29. The van der Waals surface area contributed by atoms with Crippen molar-refractivity contribution in [2.45, 2.75) is 44.4 Å². The van der Waals surface area contributed by atoms with Crippen LogP contribution in [-0.2, 0) is 30.0 Å². The van der Waals surface area contributed by atoms with Gasteiger partial charge in [-0.15, -0.1) is 0 Å². The molecule has 0 saturated carbocycles. The molecule has 12 nitrogen and oxygen atoms in total. The Morgan fingerprint density at radius 1 is 1.21 bits per heavy atom. The van der Waals surface area contributed by atoms with Crippen LogP contribution in [0.5, 0.6) is 5.75 Å². The molecule has 2 heterocycles. The number of benzene rings is 2. The third-order valence-corrected chi connectivity index (χ3v) is 7.39. The molecular formula is C25H27FN3O9P. The van der Waals surface area contributed by atoms with E-state index in [0.717, 1.165) is 10.1 Å². The number of esters is 1. The van der Waals surface area contributed by atoms with Gasteiger partial charge in [-0.25, -0.2) is 9.36 Å². The molecule has 39 heavy (non-hydrogen) atoms. The summed E-state index contributed by atoms with van der Waals surface area (Å²) in [5.41, 5.74) is -1.35. The molecule has 1 aliphatic heterocycles. The number of aliphatic hydroxyl groups is 1. The molecule has 1 aromatic heterocycles. The van der Waals surface area contributed by atoms with Crippen molar-refractivity contribution < 1.29 is 37.4 Å². The van der Waals surface area contributed by atoms with E-state index in [1.165, 1.54) is 19.1 Å². The molecule has 4 rings (SSSR count). The fourth-order valence-corrected chi connectivity index (χ4v) is 5.24. The number of H-pyrrole nitrogens is 1. The summed E-state index contributed by atoms with van der Waals surface area (Å²) in [5, 5.41) is 13.0. The first-order chi connectivity index (χ1) is 18.6. The average molecular weight is 563 g/mol. The van der Waals surface area contributed by atoms with Crippen LogP contribution in [0, 0.1) is 5.82 Å². The summed E-state index contributed by atoms with van der Waals surface area (Å²) in [6.07, 6.45) is -2.89. The molecule has 2 aromatic carbocycles. The number of hydrogen-bond acceptors (Lipinski definition) is 9. The van der Waals surface area contributed by atoms with Gasteiger partial charge in [0.25, 0.3) is 5.56 Å². The number of nitrogens with zero attached hydrogens (tertiary/aromatic N) is 1. The van der Waals surface area contributed by atoms with Crippen molar-refractivity contribution in [3.05, 3.63) is 99.1 Å². The highest BCUT2D eigenvalue weighted by atomic mass is 31.2. The van der Waals surface area contributed by atoms with E-state index in [0.29, 0.717) is 6.20 Å². The Balaban J connectivity index is 1.43. The Morgan fingerprint density at radius 3 is 2.56 bits per heavy atom. The molecule has 2 unspecified atom stereocenters. The minimum Gasteiger partial charge on any atom is -0.460 e. The minimum absolute atomic E-state index is 0.00457. The number of carbonyl (C=O) groups excluding carboxylic acids is 1. The number of carbonyl (C=O) groups is 1. The van der Waals surface area contributed by atoms with E-state index in [1.807, 2.05) is 11.1 Å². The molecule has 3 aromatic rings. The lowest BCUT2D eigenvalue weighted by Gasteiger charge is -2.24. The summed E-state index contributed by atoms with van der Waals surface area (Å²) in [5.74, 6) is -1.74. The van der Waals surface area contributed by atoms with E-state index in [9.17, 15) is 28.4 Å². The molecule has 1 fully saturated rings. The first-order valence-corrected chi connectivity index (χ1v) is 13.5. The molecule has 1 saturated heterocycles. The number of ether oxygens (including phenoxy) is 2. The van der Waals surface area contributed by atoms with Crippen molar-refractivity contribution in [3.8, 4) is 5.75 Å². The summed E-state index contributed by atoms with van der Waals surface area (Å²) >= 11 is 0. The fraction of sp³-hybridized carbons (Fsp3) is 0.320. The number of halogens is 1. The Kier molecular flexibility index (Phi) is 9.10. The Hall–Kier alpha value is -3.61. The smallest absolute Gasteiger partial charge is 0.459 e. The SMILES string of the molecule is C[C@H](NP(=O)(OCC1O[C@@H](n2cc(F)c(=O)[nH]c2=O)C[C@H]1O)Oc1ccccc1)C(=O)OCc1ccccc1. The second-order valence-electron chi connectivity index (χ2n) is 8.72. The Morgan fingerprint density at radius 2 is 1.87 bits per heavy atom. The molecule has 5 atom stereocenters. The van der Waals surface area contributed by atoms with E-state index in [2.05, 4.69) is 5.09 Å². The normalized spacial score (nSPS) is 21.2. The van der Waals surface area contributed by atoms with Gasteiger partial charge >= 0.3 is 19.4 Å². The molecule has 0 aliphatic carbocycles. The van der Waals surface area contributed by atoms with Crippen LogP contribution in [0.3, 0.4) is 0 Å². The van der Waals surface area contributed by atoms with E-state index >= 15 is 0 Å². The summed E-state index contributed by atoms with van der Waals surface area (Å²) < 4.78 is 50.2. The highest BCUT2D eigenvalue weighted by Crippen LogP contribution is 2.46. The van der Waals surface area contributed by atoms with E-state index < -0.39 is 61.9 Å². The van der Waals surface area contributed by atoms with Crippen LogP contribution in [0.1, 0.15) is 25.1 Å². The molecular weight excluding hydrogens is 536 g/mol. The molecule has 1 aliphatic rings. The van der Waals surface area contributed by atoms with Crippen LogP contribution in [0.25, 0.3) is 0 Å². The molecule has 14 heteroatoms. The van der Waals surface area contributed by atoms with Gasteiger partial charge in [0.1, 0.15) is 30.7 Å².